The van der Waals surface area contributed by atoms with Crippen LogP contribution in [0.1, 0.15) is 51.5 Å². The van der Waals surface area contributed by atoms with Gasteiger partial charge in [-0.15, -0.1) is 0 Å². The van der Waals surface area contributed by atoms with Crippen LogP contribution in [0.4, 0.5) is 0 Å². The van der Waals surface area contributed by atoms with E-state index in [4.69, 9.17) is 14.2 Å². The monoisotopic (exact) mass is 370 g/mol. The van der Waals surface area contributed by atoms with E-state index >= 15 is 0 Å². The highest BCUT2D eigenvalue weighted by atomic mass is 16.7. The minimum Gasteiger partial charge on any atom is -0.507 e. The summed E-state index contributed by atoms with van der Waals surface area (Å²) in [6.45, 7) is 9.26. The van der Waals surface area contributed by atoms with E-state index in [0.717, 1.165) is 27.8 Å². The second-order valence-corrected chi connectivity index (χ2v) is 7.29. The van der Waals surface area contributed by atoms with Crippen molar-refractivity contribution in [3.05, 3.63) is 51.6 Å². The summed E-state index contributed by atoms with van der Waals surface area (Å²) in [6, 6.07) is 5.29. The number of methoxy groups -OCH3 is 1. The number of ether oxygens (including phenoxy) is 3. The second kappa shape index (κ2) is 6.80. The van der Waals surface area contributed by atoms with Crippen LogP contribution in [0, 0.1) is 27.7 Å². The fourth-order valence-electron chi connectivity index (χ4n) is 3.61. The summed E-state index contributed by atoms with van der Waals surface area (Å²) in [5, 5.41) is 10.3. The summed E-state index contributed by atoms with van der Waals surface area (Å²) < 4.78 is 17.2. The molecule has 0 radical (unpaired) electrons. The van der Waals surface area contributed by atoms with Gasteiger partial charge in [0.15, 0.2) is 0 Å². The van der Waals surface area contributed by atoms with Crippen molar-refractivity contribution in [3.63, 3.8) is 0 Å². The van der Waals surface area contributed by atoms with Crippen molar-refractivity contribution in [1.29, 1.82) is 0 Å². The lowest BCUT2D eigenvalue weighted by molar-refractivity contribution is -0.142. The van der Waals surface area contributed by atoms with Gasteiger partial charge in [-0.3, -0.25) is 0 Å². The third kappa shape index (κ3) is 3.22. The molecule has 0 spiro atoms. The molecule has 1 heterocycles. The molecule has 0 amide bonds. The molecule has 2 aromatic carbocycles. The van der Waals surface area contributed by atoms with Crippen LogP contribution < -0.4 is 9.47 Å². The highest BCUT2D eigenvalue weighted by Crippen LogP contribution is 2.43. The number of aromatic hydroxyl groups is 1. The standard InChI is InChI=1S/C22H26O5/c1-12-13(2)20-16(15(4)19(12)23)10-11-22(5,26-20)27-21(24)17-8-7-9-18(25-6)14(17)3/h7-9,23H,10-11H2,1-6H3. The van der Waals surface area contributed by atoms with Gasteiger partial charge in [-0.1, -0.05) is 6.07 Å². The molecule has 0 bridgehead atoms. The molecule has 1 aliphatic rings. The Morgan fingerprint density at radius 3 is 2.48 bits per heavy atom. The first kappa shape index (κ1) is 19.1. The zero-order valence-corrected chi connectivity index (χ0v) is 16.7. The van der Waals surface area contributed by atoms with E-state index in [1.807, 2.05) is 33.8 Å². The first-order valence-electron chi connectivity index (χ1n) is 9.06. The molecule has 5 nitrogen and oxygen atoms in total. The van der Waals surface area contributed by atoms with Crippen LogP contribution in [0.15, 0.2) is 18.2 Å². The normalized spacial score (nSPS) is 18.4. The molecule has 1 atom stereocenters. The van der Waals surface area contributed by atoms with Gasteiger partial charge >= 0.3 is 5.97 Å². The SMILES string of the molecule is COc1cccc(C(=O)OC2(C)CCc3c(C)c(O)c(C)c(C)c3O2)c1C. The molecule has 0 saturated heterocycles. The van der Waals surface area contributed by atoms with Crippen molar-refractivity contribution in [2.24, 2.45) is 0 Å². The first-order chi connectivity index (χ1) is 12.7. The molecule has 3 rings (SSSR count). The fourth-order valence-corrected chi connectivity index (χ4v) is 3.61. The highest BCUT2D eigenvalue weighted by Gasteiger charge is 2.38. The first-order valence-corrected chi connectivity index (χ1v) is 9.06. The predicted octanol–water partition coefficient (Wildman–Crippen LogP) is 4.53. The van der Waals surface area contributed by atoms with Gasteiger partial charge < -0.3 is 19.3 Å². The van der Waals surface area contributed by atoms with Gasteiger partial charge in [0.1, 0.15) is 17.2 Å². The highest BCUT2D eigenvalue weighted by molar-refractivity contribution is 5.92. The maximum absolute atomic E-state index is 12.8. The summed E-state index contributed by atoms with van der Waals surface area (Å²) in [4.78, 5) is 12.8. The quantitative estimate of drug-likeness (QED) is 0.804. The van der Waals surface area contributed by atoms with Gasteiger partial charge in [0.2, 0.25) is 0 Å². The molecular weight excluding hydrogens is 344 g/mol. The summed E-state index contributed by atoms with van der Waals surface area (Å²) in [7, 11) is 1.57. The zero-order chi connectivity index (χ0) is 19.9. The zero-order valence-electron chi connectivity index (χ0n) is 16.7. The number of fused-ring (bicyclic) bond motifs is 1. The maximum atomic E-state index is 12.8. The van der Waals surface area contributed by atoms with E-state index in [1.165, 1.54) is 0 Å². The van der Waals surface area contributed by atoms with Crippen LogP contribution in [0.25, 0.3) is 0 Å². The fraction of sp³-hybridized carbons (Fsp3) is 0.409. The Balaban J connectivity index is 1.91. The number of hydrogen-bond acceptors (Lipinski definition) is 5. The molecule has 0 fully saturated rings. The molecule has 0 saturated carbocycles. The lowest BCUT2D eigenvalue weighted by Crippen LogP contribution is -2.41. The molecular formula is C22H26O5. The summed E-state index contributed by atoms with van der Waals surface area (Å²) >= 11 is 0. The number of esters is 1. The molecule has 0 aliphatic carbocycles. The van der Waals surface area contributed by atoms with Gasteiger partial charge in [0.25, 0.3) is 5.79 Å². The minimum atomic E-state index is -1.07. The van der Waals surface area contributed by atoms with Crippen LogP contribution in [0.5, 0.6) is 17.2 Å². The van der Waals surface area contributed by atoms with E-state index in [1.54, 1.807) is 26.2 Å². The summed E-state index contributed by atoms with van der Waals surface area (Å²) in [5.41, 5.74) is 4.64. The van der Waals surface area contributed by atoms with Crippen LogP contribution in [-0.2, 0) is 11.2 Å². The van der Waals surface area contributed by atoms with E-state index in [-0.39, 0.29) is 0 Å². The summed E-state index contributed by atoms with van der Waals surface area (Å²) in [5.74, 6) is 0.138. The lowest BCUT2D eigenvalue weighted by Gasteiger charge is -2.37. The van der Waals surface area contributed by atoms with E-state index in [0.29, 0.717) is 35.7 Å². The molecule has 2 aromatic rings. The number of rotatable bonds is 3. The Kier molecular flexibility index (Phi) is 4.81. The van der Waals surface area contributed by atoms with Crippen LogP contribution in [0.3, 0.4) is 0 Å². The van der Waals surface area contributed by atoms with E-state index in [2.05, 4.69) is 0 Å². The Labute approximate surface area is 159 Å². The largest absolute Gasteiger partial charge is 0.507 e. The maximum Gasteiger partial charge on any atom is 0.341 e. The number of carbonyl (C=O) groups excluding carboxylic acids is 1. The Hall–Kier alpha value is -2.69. The Bertz CT molecular complexity index is 916. The van der Waals surface area contributed by atoms with Crippen LogP contribution in [-0.4, -0.2) is 24.0 Å². The van der Waals surface area contributed by atoms with Crippen molar-refractivity contribution >= 4 is 5.97 Å². The minimum absolute atomic E-state index is 0.308. The number of benzene rings is 2. The van der Waals surface area contributed by atoms with Crippen molar-refractivity contribution in [1.82, 2.24) is 0 Å². The number of phenols is 1. The third-order valence-electron chi connectivity index (χ3n) is 5.52. The molecule has 27 heavy (non-hydrogen) atoms. The smallest absolute Gasteiger partial charge is 0.341 e. The van der Waals surface area contributed by atoms with Crippen molar-refractivity contribution in [3.8, 4) is 17.2 Å². The van der Waals surface area contributed by atoms with Crippen LogP contribution in [0.2, 0.25) is 0 Å². The average molecular weight is 370 g/mol. The third-order valence-corrected chi connectivity index (χ3v) is 5.52. The average Bonchev–Trinajstić information content (AvgIpc) is 2.64. The topological polar surface area (TPSA) is 65.0 Å². The van der Waals surface area contributed by atoms with Gasteiger partial charge in [0, 0.05) is 24.5 Å². The summed E-state index contributed by atoms with van der Waals surface area (Å²) in [6.07, 6.45) is 1.17. The van der Waals surface area contributed by atoms with Crippen molar-refractivity contribution < 1.29 is 24.1 Å². The molecule has 144 valence electrons. The molecule has 1 N–H and O–H groups in total. The molecule has 0 aromatic heterocycles. The Morgan fingerprint density at radius 1 is 1.11 bits per heavy atom. The van der Waals surface area contributed by atoms with Crippen molar-refractivity contribution in [2.75, 3.05) is 7.11 Å². The predicted molar refractivity (Wildman–Crippen MR) is 103 cm³/mol. The second-order valence-electron chi connectivity index (χ2n) is 7.29. The number of carbonyl (C=O) groups is 1. The van der Waals surface area contributed by atoms with E-state index < -0.39 is 11.8 Å². The molecule has 1 aliphatic heterocycles. The Morgan fingerprint density at radius 2 is 1.81 bits per heavy atom. The van der Waals surface area contributed by atoms with Gasteiger partial charge in [-0.2, -0.15) is 0 Å². The van der Waals surface area contributed by atoms with Crippen LogP contribution >= 0.6 is 0 Å². The molecule has 1 unspecified atom stereocenters. The van der Waals surface area contributed by atoms with E-state index in [9.17, 15) is 9.90 Å². The molecule has 5 heteroatoms. The van der Waals surface area contributed by atoms with Gasteiger partial charge in [-0.25, -0.2) is 4.79 Å². The van der Waals surface area contributed by atoms with Gasteiger partial charge in [0.05, 0.1) is 12.7 Å². The van der Waals surface area contributed by atoms with Gasteiger partial charge in [-0.05, 0) is 62.9 Å². The van der Waals surface area contributed by atoms with Crippen molar-refractivity contribution in [2.45, 2.75) is 53.2 Å². The number of hydrogen-bond donors (Lipinski definition) is 1. The lowest BCUT2D eigenvalue weighted by atomic mass is 9.91. The number of phenolic OH excluding ortho intramolecular Hbond substituents is 1.